The summed E-state index contributed by atoms with van der Waals surface area (Å²) in [5, 5.41) is 4.41. The van der Waals surface area contributed by atoms with Crippen LogP contribution in [0.5, 0.6) is 5.75 Å². The number of amides is 1. The lowest BCUT2D eigenvalue weighted by Crippen LogP contribution is -2.38. The molecule has 1 amide bonds. The van der Waals surface area contributed by atoms with Gasteiger partial charge in [0.1, 0.15) is 11.4 Å². The summed E-state index contributed by atoms with van der Waals surface area (Å²) in [4.78, 5) is 17.6. The van der Waals surface area contributed by atoms with Gasteiger partial charge in [-0.05, 0) is 45.4 Å². The zero-order chi connectivity index (χ0) is 23.3. The van der Waals surface area contributed by atoms with Gasteiger partial charge in [0.15, 0.2) is 0 Å². The molecule has 0 saturated carbocycles. The van der Waals surface area contributed by atoms with E-state index in [4.69, 9.17) is 9.26 Å². The Bertz CT molecular complexity index is 1030. The largest absolute Gasteiger partial charge is 0.497 e. The number of carbonyl (C=O) groups is 1. The highest BCUT2D eigenvalue weighted by molar-refractivity contribution is 5.95. The monoisotopic (exact) mass is 435 g/mol. The Labute approximate surface area is 190 Å². The van der Waals surface area contributed by atoms with Gasteiger partial charge in [-0.25, -0.2) is 0 Å². The number of carbonyl (C=O) groups excluding carboxylic acids is 1. The van der Waals surface area contributed by atoms with E-state index in [2.05, 4.69) is 37.8 Å². The van der Waals surface area contributed by atoms with Crippen molar-refractivity contribution in [3.05, 3.63) is 65.7 Å². The summed E-state index contributed by atoms with van der Waals surface area (Å²) in [7, 11) is 3.59. The number of methoxy groups -OCH3 is 1. The fourth-order valence-corrected chi connectivity index (χ4v) is 3.52. The molecule has 0 radical (unpaired) electrons. The van der Waals surface area contributed by atoms with E-state index in [1.165, 1.54) is 0 Å². The third-order valence-corrected chi connectivity index (χ3v) is 5.94. The van der Waals surface area contributed by atoms with E-state index in [0.717, 1.165) is 23.2 Å². The smallest absolute Gasteiger partial charge is 0.254 e. The minimum Gasteiger partial charge on any atom is -0.497 e. The zero-order valence-electron chi connectivity index (χ0n) is 19.8. The van der Waals surface area contributed by atoms with Crippen molar-refractivity contribution in [2.45, 2.75) is 52.7 Å². The normalized spacial score (nSPS) is 12.0. The van der Waals surface area contributed by atoms with Crippen LogP contribution in [0.25, 0.3) is 11.3 Å². The van der Waals surface area contributed by atoms with Crippen molar-refractivity contribution >= 4 is 11.8 Å². The maximum atomic E-state index is 13.6. The minimum absolute atomic E-state index is 0.0319. The van der Waals surface area contributed by atoms with Crippen LogP contribution < -0.4 is 9.64 Å². The third kappa shape index (κ3) is 4.96. The molecule has 3 rings (SSSR count). The molecule has 1 heterocycles. The van der Waals surface area contributed by atoms with Gasteiger partial charge < -0.3 is 19.1 Å². The van der Waals surface area contributed by atoms with Crippen LogP contribution in [0, 0.1) is 0 Å². The van der Waals surface area contributed by atoms with Crippen molar-refractivity contribution in [2.24, 2.45) is 0 Å². The Morgan fingerprint density at radius 2 is 1.81 bits per heavy atom. The van der Waals surface area contributed by atoms with Crippen LogP contribution in [-0.2, 0) is 6.54 Å². The van der Waals surface area contributed by atoms with Crippen LogP contribution in [0.2, 0.25) is 0 Å². The Morgan fingerprint density at radius 3 is 2.44 bits per heavy atom. The molecule has 0 N–H and O–H groups in total. The molecule has 1 aromatic heterocycles. The second-order valence-corrected chi connectivity index (χ2v) is 8.31. The van der Waals surface area contributed by atoms with E-state index in [9.17, 15) is 4.79 Å². The predicted molar refractivity (Wildman–Crippen MR) is 128 cm³/mol. The van der Waals surface area contributed by atoms with Gasteiger partial charge in [-0.3, -0.25) is 4.79 Å². The first-order chi connectivity index (χ1) is 15.4. The summed E-state index contributed by atoms with van der Waals surface area (Å²) in [5.74, 6) is 1.30. The molecule has 6 heteroatoms. The molecule has 0 unspecified atom stereocenters. The topological polar surface area (TPSA) is 58.8 Å². The summed E-state index contributed by atoms with van der Waals surface area (Å²) in [5.41, 5.74) is 3.23. The second-order valence-electron chi connectivity index (χ2n) is 8.31. The van der Waals surface area contributed by atoms with E-state index in [0.29, 0.717) is 23.7 Å². The lowest BCUT2D eigenvalue weighted by molar-refractivity contribution is 0.0671. The molecule has 0 spiro atoms. The molecule has 0 bridgehead atoms. The van der Waals surface area contributed by atoms with Crippen LogP contribution in [0.3, 0.4) is 0 Å². The summed E-state index contributed by atoms with van der Waals surface area (Å²) in [6, 6.07) is 17.5. The second kappa shape index (κ2) is 10.4. The van der Waals surface area contributed by atoms with Gasteiger partial charge in [-0.1, -0.05) is 48.5 Å². The number of benzene rings is 2. The summed E-state index contributed by atoms with van der Waals surface area (Å²) < 4.78 is 11.2. The lowest BCUT2D eigenvalue weighted by atomic mass is 10.0. The van der Waals surface area contributed by atoms with Crippen LogP contribution in [-0.4, -0.2) is 42.2 Å². The van der Waals surface area contributed by atoms with Gasteiger partial charge in [0.25, 0.3) is 5.91 Å². The Hall–Kier alpha value is -3.28. The summed E-state index contributed by atoms with van der Waals surface area (Å²) in [6.45, 7) is 8.75. The van der Waals surface area contributed by atoms with Crippen molar-refractivity contribution in [2.75, 3.05) is 19.1 Å². The first-order valence-corrected chi connectivity index (χ1v) is 11.1. The molecule has 0 aliphatic carbocycles. The first-order valence-electron chi connectivity index (χ1n) is 11.1. The highest BCUT2D eigenvalue weighted by Crippen LogP contribution is 2.34. The number of nitrogens with zero attached hydrogens (tertiary/aromatic N) is 3. The Kier molecular flexibility index (Phi) is 7.57. The van der Waals surface area contributed by atoms with E-state index in [1.807, 2.05) is 60.5 Å². The predicted octanol–water partition coefficient (Wildman–Crippen LogP) is 5.64. The average Bonchev–Trinajstić information content (AvgIpc) is 3.25. The maximum absolute atomic E-state index is 13.6. The zero-order valence-corrected chi connectivity index (χ0v) is 19.8. The fraction of sp³-hybridized carbons (Fsp3) is 0.385. The first kappa shape index (κ1) is 23.4. The van der Waals surface area contributed by atoms with Crippen molar-refractivity contribution in [1.82, 2.24) is 10.1 Å². The minimum atomic E-state index is -0.0448. The molecule has 0 fully saturated rings. The maximum Gasteiger partial charge on any atom is 0.254 e. The molecule has 2 aromatic carbocycles. The number of hydrogen-bond donors (Lipinski definition) is 0. The molecular weight excluding hydrogens is 402 g/mol. The average molecular weight is 436 g/mol. The Morgan fingerprint density at radius 1 is 1.09 bits per heavy atom. The summed E-state index contributed by atoms with van der Waals surface area (Å²) in [6.07, 6.45) is 0.830. The third-order valence-electron chi connectivity index (χ3n) is 5.94. The molecule has 0 saturated heterocycles. The van der Waals surface area contributed by atoms with Gasteiger partial charge >= 0.3 is 0 Å². The summed E-state index contributed by atoms with van der Waals surface area (Å²) >= 11 is 0. The standard InChI is InChI=1S/C26H33N3O3/c1-7-19(4)29(25(30)21-14-11-15-22(16-21)31-6)17-23-24(20-12-9-8-10-13-20)27-32-26(23)28(5)18(2)3/h8-16,18-19H,7,17H2,1-6H3/t19-/m1/s1. The van der Waals surface area contributed by atoms with E-state index in [-0.39, 0.29) is 18.0 Å². The van der Waals surface area contributed by atoms with Crippen molar-refractivity contribution in [3.8, 4) is 17.0 Å². The number of rotatable bonds is 9. The number of aromatic nitrogens is 1. The number of anilines is 1. The highest BCUT2D eigenvalue weighted by Gasteiger charge is 2.28. The van der Waals surface area contributed by atoms with Gasteiger partial charge in [0.05, 0.1) is 19.2 Å². The molecule has 3 aromatic rings. The van der Waals surface area contributed by atoms with Crippen LogP contribution in [0.1, 0.15) is 50.0 Å². The lowest BCUT2D eigenvalue weighted by Gasteiger charge is -2.30. The van der Waals surface area contributed by atoms with Gasteiger partial charge in [0, 0.05) is 30.3 Å². The fourth-order valence-electron chi connectivity index (χ4n) is 3.52. The Balaban J connectivity index is 2.07. The molecule has 1 atom stereocenters. The van der Waals surface area contributed by atoms with Gasteiger partial charge in [-0.15, -0.1) is 0 Å². The number of ether oxygens (including phenoxy) is 1. The molecular formula is C26H33N3O3. The van der Waals surface area contributed by atoms with Crippen molar-refractivity contribution in [3.63, 3.8) is 0 Å². The number of hydrogen-bond acceptors (Lipinski definition) is 5. The van der Waals surface area contributed by atoms with Gasteiger partial charge in [-0.2, -0.15) is 0 Å². The molecule has 170 valence electrons. The van der Waals surface area contributed by atoms with E-state index < -0.39 is 0 Å². The highest BCUT2D eigenvalue weighted by atomic mass is 16.5. The van der Waals surface area contributed by atoms with Crippen LogP contribution in [0.15, 0.2) is 59.1 Å². The van der Waals surface area contributed by atoms with Crippen LogP contribution >= 0.6 is 0 Å². The molecule has 0 aliphatic heterocycles. The van der Waals surface area contributed by atoms with E-state index in [1.54, 1.807) is 13.2 Å². The quantitative estimate of drug-likeness (QED) is 0.436. The van der Waals surface area contributed by atoms with Crippen molar-refractivity contribution in [1.29, 1.82) is 0 Å². The van der Waals surface area contributed by atoms with E-state index >= 15 is 0 Å². The van der Waals surface area contributed by atoms with Crippen LogP contribution in [0.4, 0.5) is 5.88 Å². The van der Waals surface area contributed by atoms with Gasteiger partial charge in [0.2, 0.25) is 5.88 Å². The molecule has 6 nitrogen and oxygen atoms in total. The molecule has 0 aliphatic rings. The van der Waals surface area contributed by atoms with Crippen molar-refractivity contribution < 1.29 is 14.1 Å². The SMILES string of the molecule is CC[C@@H](C)N(Cc1c(-c2ccccc2)noc1N(C)C(C)C)C(=O)c1cccc(OC)c1. The molecule has 32 heavy (non-hydrogen) atoms.